The van der Waals surface area contributed by atoms with E-state index >= 15 is 0 Å². The Kier molecular flexibility index (Phi) is 6.32. The highest BCUT2D eigenvalue weighted by molar-refractivity contribution is 7.90. The lowest BCUT2D eigenvalue weighted by Crippen LogP contribution is -2.31. The SMILES string of the molecule is CS(=O)(=O)c1cc(C(=O)NCC2CCC(c3ccccc3)CC2)cc([N+](=O)[O-])c1. The number of hydrogen-bond donors (Lipinski definition) is 1. The minimum Gasteiger partial charge on any atom is -0.352 e. The Morgan fingerprint density at radius 1 is 1.10 bits per heavy atom. The molecular weight excluding hydrogens is 392 g/mol. The van der Waals surface area contributed by atoms with Crippen LogP contribution < -0.4 is 5.32 Å². The van der Waals surface area contributed by atoms with Crippen LogP contribution in [0.2, 0.25) is 0 Å². The molecule has 0 heterocycles. The zero-order valence-corrected chi connectivity index (χ0v) is 17.0. The molecule has 0 unspecified atom stereocenters. The van der Waals surface area contributed by atoms with Crippen molar-refractivity contribution in [3.8, 4) is 0 Å². The summed E-state index contributed by atoms with van der Waals surface area (Å²) in [5.41, 5.74) is 0.916. The van der Waals surface area contributed by atoms with Crippen molar-refractivity contribution in [2.75, 3.05) is 12.8 Å². The first-order valence-electron chi connectivity index (χ1n) is 9.56. The molecule has 1 aliphatic rings. The van der Waals surface area contributed by atoms with Gasteiger partial charge in [-0.3, -0.25) is 14.9 Å². The van der Waals surface area contributed by atoms with E-state index in [-0.39, 0.29) is 10.5 Å². The minimum atomic E-state index is -3.67. The number of hydrogen-bond acceptors (Lipinski definition) is 5. The van der Waals surface area contributed by atoms with Gasteiger partial charge in [-0.15, -0.1) is 0 Å². The van der Waals surface area contributed by atoms with Crippen molar-refractivity contribution < 1.29 is 18.1 Å². The fraction of sp³-hybridized carbons (Fsp3) is 0.381. The molecule has 0 saturated heterocycles. The van der Waals surface area contributed by atoms with Gasteiger partial charge in [0.2, 0.25) is 0 Å². The molecule has 1 aliphatic carbocycles. The van der Waals surface area contributed by atoms with Crippen molar-refractivity contribution in [3.63, 3.8) is 0 Å². The summed E-state index contributed by atoms with van der Waals surface area (Å²) < 4.78 is 23.6. The monoisotopic (exact) mass is 416 g/mol. The van der Waals surface area contributed by atoms with Gasteiger partial charge in [-0.2, -0.15) is 0 Å². The molecule has 1 N–H and O–H groups in total. The fourth-order valence-electron chi connectivity index (χ4n) is 3.80. The number of nitrogens with one attached hydrogen (secondary N) is 1. The standard InChI is InChI=1S/C21H24N2O5S/c1-29(27,28)20-12-18(11-19(13-20)23(25)26)21(24)22-14-15-7-9-17(10-8-15)16-5-3-2-4-6-16/h2-6,11-13,15,17H,7-10,14H2,1H3,(H,22,24). The zero-order chi connectivity index (χ0) is 21.0. The largest absolute Gasteiger partial charge is 0.352 e. The summed E-state index contributed by atoms with van der Waals surface area (Å²) in [6.07, 6.45) is 5.05. The van der Waals surface area contributed by atoms with E-state index in [0.717, 1.165) is 44.1 Å². The molecule has 0 aromatic heterocycles. The molecule has 0 bridgehead atoms. The third-order valence-corrected chi connectivity index (χ3v) is 6.55. The van der Waals surface area contributed by atoms with Crippen molar-refractivity contribution in [2.45, 2.75) is 36.5 Å². The second kappa shape index (κ2) is 8.73. The molecule has 7 nitrogen and oxygen atoms in total. The summed E-state index contributed by atoms with van der Waals surface area (Å²) in [4.78, 5) is 22.7. The van der Waals surface area contributed by atoms with Crippen LogP contribution in [0.3, 0.4) is 0 Å². The maximum Gasteiger partial charge on any atom is 0.271 e. The van der Waals surface area contributed by atoms with Crippen LogP contribution in [0, 0.1) is 16.0 Å². The maximum absolute atomic E-state index is 12.5. The van der Waals surface area contributed by atoms with E-state index in [1.54, 1.807) is 0 Å². The number of benzene rings is 2. The Balaban J connectivity index is 1.61. The van der Waals surface area contributed by atoms with Crippen molar-refractivity contribution in [3.05, 3.63) is 69.8 Å². The molecular formula is C21H24N2O5S. The zero-order valence-electron chi connectivity index (χ0n) is 16.2. The summed E-state index contributed by atoms with van der Waals surface area (Å²) in [5, 5.41) is 13.9. The molecule has 0 spiro atoms. The van der Waals surface area contributed by atoms with Gasteiger partial charge in [0, 0.05) is 30.5 Å². The number of rotatable bonds is 6. The third-order valence-electron chi connectivity index (χ3n) is 5.46. The van der Waals surface area contributed by atoms with E-state index in [1.807, 2.05) is 18.2 Å². The Hall–Kier alpha value is -2.74. The topological polar surface area (TPSA) is 106 Å². The lowest BCUT2D eigenvalue weighted by Gasteiger charge is -2.29. The lowest BCUT2D eigenvalue weighted by atomic mass is 9.78. The van der Waals surface area contributed by atoms with Gasteiger partial charge >= 0.3 is 0 Å². The van der Waals surface area contributed by atoms with Gasteiger partial charge in [0.1, 0.15) is 0 Å². The number of nitrogens with zero attached hydrogens (tertiary/aromatic N) is 1. The molecule has 1 fully saturated rings. The highest BCUT2D eigenvalue weighted by atomic mass is 32.2. The molecule has 154 valence electrons. The average Bonchev–Trinajstić information content (AvgIpc) is 2.72. The van der Waals surface area contributed by atoms with Gasteiger partial charge in [0.25, 0.3) is 11.6 Å². The van der Waals surface area contributed by atoms with Crippen LogP contribution in [-0.2, 0) is 9.84 Å². The van der Waals surface area contributed by atoms with E-state index < -0.39 is 26.4 Å². The molecule has 1 amide bonds. The van der Waals surface area contributed by atoms with E-state index in [2.05, 4.69) is 17.4 Å². The molecule has 29 heavy (non-hydrogen) atoms. The molecule has 3 rings (SSSR count). The maximum atomic E-state index is 12.5. The second-order valence-corrected chi connectivity index (χ2v) is 9.60. The predicted octanol–water partition coefficient (Wildman–Crippen LogP) is 3.70. The van der Waals surface area contributed by atoms with Crippen molar-refractivity contribution in [2.24, 2.45) is 5.92 Å². The fourth-order valence-corrected chi connectivity index (χ4v) is 4.47. The molecule has 8 heteroatoms. The first-order chi connectivity index (χ1) is 13.7. The summed E-state index contributed by atoms with van der Waals surface area (Å²) in [7, 11) is -3.67. The van der Waals surface area contributed by atoms with Gasteiger partial charge in [0.05, 0.1) is 9.82 Å². The van der Waals surface area contributed by atoms with Crippen molar-refractivity contribution in [1.82, 2.24) is 5.32 Å². The highest BCUT2D eigenvalue weighted by Crippen LogP contribution is 2.35. The number of sulfone groups is 1. The molecule has 0 aliphatic heterocycles. The number of carbonyl (C=O) groups is 1. The van der Waals surface area contributed by atoms with Crippen LogP contribution in [-0.4, -0.2) is 32.0 Å². The Morgan fingerprint density at radius 2 is 1.76 bits per heavy atom. The molecule has 2 aromatic carbocycles. The molecule has 1 saturated carbocycles. The van der Waals surface area contributed by atoms with Crippen LogP contribution >= 0.6 is 0 Å². The predicted molar refractivity (Wildman–Crippen MR) is 110 cm³/mol. The van der Waals surface area contributed by atoms with Gasteiger partial charge in [0.15, 0.2) is 9.84 Å². The first kappa shape index (κ1) is 21.0. The van der Waals surface area contributed by atoms with Gasteiger partial charge < -0.3 is 5.32 Å². The van der Waals surface area contributed by atoms with Crippen molar-refractivity contribution >= 4 is 21.4 Å². The Bertz CT molecular complexity index is 997. The van der Waals surface area contributed by atoms with Crippen LogP contribution in [0.5, 0.6) is 0 Å². The number of non-ortho nitro benzene ring substituents is 1. The van der Waals surface area contributed by atoms with Crippen LogP contribution in [0.15, 0.2) is 53.4 Å². The lowest BCUT2D eigenvalue weighted by molar-refractivity contribution is -0.385. The molecule has 0 atom stereocenters. The average molecular weight is 416 g/mol. The van der Waals surface area contributed by atoms with Crippen LogP contribution in [0.4, 0.5) is 5.69 Å². The smallest absolute Gasteiger partial charge is 0.271 e. The van der Waals surface area contributed by atoms with E-state index in [9.17, 15) is 23.3 Å². The molecule has 2 aromatic rings. The minimum absolute atomic E-state index is 0.0161. The van der Waals surface area contributed by atoms with Crippen LogP contribution in [0.1, 0.15) is 47.5 Å². The molecule has 0 radical (unpaired) electrons. The highest BCUT2D eigenvalue weighted by Gasteiger charge is 2.24. The van der Waals surface area contributed by atoms with Gasteiger partial charge in [-0.05, 0) is 49.1 Å². The van der Waals surface area contributed by atoms with E-state index in [0.29, 0.717) is 18.4 Å². The van der Waals surface area contributed by atoms with Crippen LogP contribution in [0.25, 0.3) is 0 Å². The van der Waals surface area contributed by atoms with E-state index in [1.165, 1.54) is 11.6 Å². The van der Waals surface area contributed by atoms with Gasteiger partial charge in [-0.25, -0.2) is 8.42 Å². The Morgan fingerprint density at radius 3 is 2.34 bits per heavy atom. The number of amides is 1. The van der Waals surface area contributed by atoms with Gasteiger partial charge in [-0.1, -0.05) is 30.3 Å². The quantitative estimate of drug-likeness (QED) is 0.571. The first-order valence-corrected chi connectivity index (χ1v) is 11.5. The van der Waals surface area contributed by atoms with E-state index in [4.69, 9.17) is 0 Å². The summed E-state index contributed by atoms with van der Waals surface area (Å²) in [5.74, 6) is 0.382. The number of nitro groups is 1. The number of carbonyl (C=O) groups excluding carboxylic acids is 1. The normalized spacial score (nSPS) is 19.5. The summed E-state index contributed by atoms with van der Waals surface area (Å²) in [6, 6.07) is 13.7. The number of nitro benzene ring substituents is 1. The van der Waals surface area contributed by atoms with Crippen molar-refractivity contribution in [1.29, 1.82) is 0 Å². The summed E-state index contributed by atoms with van der Waals surface area (Å²) in [6.45, 7) is 0.469. The Labute approximate surface area is 170 Å². The summed E-state index contributed by atoms with van der Waals surface area (Å²) >= 11 is 0. The third kappa shape index (κ3) is 5.41. The second-order valence-electron chi connectivity index (χ2n) is 7.58.